The highest BCUT2D eigenvalue weighted by molar-refractivity contribution is 6.07. The Hall–Kier alpha value is -4.27. The molecule has 0 aliphatic carbocycles. The summed E-state index contributed by atoms with van der Waals surface area (Å²) in [6.45, 7) is -0.421. The van der Waals surface area contributed by atoms with E-state index in [1.165, 1.54) is 36.4 Å². The summed E-state index contributed by atoms with van der Waals surface area (Å²) in [7, 11) is 0. The minimum absolute atomic E-state index is 0.0000779. The third kappa shape index (κ3) is 6.47. The second kappa shape index (κ2) is 12.7. The number of hydrogen-bond acceptors (Lipinski definition) is 12. The number of anilines is 1. The van der Waals surface area contributed by atoms with Crippen molar-refractivity contribution in [2.45, 2.75) is 30.7 Å². The Labute approximate surface area is 228 Å². The molecule has 1 unspecified atom stereocenters. The van der Waals surface area contributed by atoms with Gasteiger partial charge in [0.25, 0.3) is 5.91 Å². The molecule has 0 aromatic heterocycles. The molecule has 1 heterocycles. The molecule has 8 N–H and O–H groups in total. The fraction of sp³-hybridized carbons (Fsp3) is 0.296. The van der Waals surface area contributed by atoms with Crippen molar-refractivity contribution in [3.05, 3.63) is 66.2 Å². The van der Waals surface area contributed by atoms with Crippen LogP contribution in [0, 0.1) is 0 Å². The van der Waals surface area contributed by atoms with Gasteiger partial charge >= 0.3 is 0 Å². The first kappa shape index (κ1) is 28.7. The zero-order valence-corrected chi connectivity index (χ0v) is 21.0. The van der Waals surface area contributed by atoms with E-state index in [0.29, 0.717) is 11.4 Å². The van der Waals surface area contributed by atoms with E-state index >= 15 is 0 Å². The molecule has 3 aromatic rings. The van der Waals surface area contributed by atoms with Crippen LogP contribution >= 0.6 is 0 Å². The Bertz CT molecular complexity index is 1320. The van der Waals surface area contributed by atoms with Crippen LogP contribution in [-0.2, 0) is 4.74 Å². The van der Waals surface area contributed by atoms with Gasteiger partial charge < -0.3 is 60.0 Å². The van der Waals surface area contributed by atoms with Gasteiger partial charge in [0.15, 0.2) is 29.3 Å². The van der Waals surface area contributed by atoms with Gasteiger partial charge in [0.2, 0.25) is 5.75 Å². The van der Waals surface area contributed by atoms with Gasteiger partial charge in [0.05, 0.1) is 11.3 Å². The number of phenolic OH excluding ortho intramolecular Hbond substituents is 3. The van der Waals surface area contributed by atoms with Crippen LogP contribution in [0.5, 0.6) is 34.5 Å². The normalized spacial score (nSPS) is 22.4. The van der Waals surface area contributed by atoms with Crippen LogP contribution in [0.2, 0.25) is 0 Å². The number of aliphatic hydroxyl groups is 4. The summed E-state index contributed by atoms with van der Waals surface area (Å²) in [5.74, 6) is -1.60. The van der Waals surface area contributed by atoms with Gasteiger partial charge in [0, 0.05) is 0 Å². The molecule has 3 aromatic carbocycles. The van der Waals surface area contributed by atoms with Crippen molar-refractivity contribution >= 4 is 11.6 Å². The lowest BCUT2D eigenvalue weighted by molar-refractivity contribution is -0.285. The number of carbonyl (C=O) groups excluding carboxylic acids is 1. The van der Waals surface area contributed by atoms with Crippen molar-refractivity contribution in [1.82, 2.24) is 0 Å². The standard InChI is InChI=1S/C27H29NO12/c29-16-7-3-5-14(21(16)31)26(35)28-15-6-1-2-9-18(15)37-11-12-38-19-10-4-8-17(30)25(19)39-13-20-22(32)23(33)24(34)27(36)40-20/h1-10,20,22-24,27,29-34,36H,11-13H2,(H,28,35)/t20-,22-,23+,24-,27?/m1/s1. The number of benzene rings is 3. The predicted molar refractivity (Wildman–Crippen MR) is 138 cm³/mol. The molecule has 0 radical (unpaired) electrons. The molecule has 13 nitrogen and oxygen atoms in total. The second-order valence-corrected chi connectivity index (χ2v) is 8.77. The molecule has 1 aliphatic rings. The molecule has 0 bridgehead atoms. The number of hydrogen-bond donors (Lipinski definition) is 8. The highest BCUT2D eigenvalue weighted by Gasteiger charge is 2.43. The third-order valence-corrected chi connectivity index (χ3v) is 6.03. The van der Waals surface area contributed by atoms with Gasteiger partial charge in [-0.05, 0) is 36.4 Å². The number of phenols is 3. The van der Waals surface area contributed by atoms with E-state index in [4.69, 9.17) is 18.9 Å². The molecular weight excluding hydrogens is 530 g/mol. The maximum atomic E-state index is 12.6. The smallest absolute Gasteiger partial charge is 0.259 e. The van der Waals surface area contributed by atoms with Crippen LogP contribution in [0.4, 0.5) is 5.69 Å². The van der Waals surface area contributed by atoms with Gasteiger partial charge in [0.1, 0.15) is 50.0 Å². The highest BCUT2D eigenvalue weighted by Crippen LogP contribution is 2.37. The van der Waals surface area contributed by atoms with Gasteiger partial charge in [-0.25, -0.2) is 0 Å². The summed E-state index contributed by atoms with van der Waals surface area (Å²) in [5.41, 5.74) is 0.179. The Morgan fingerprint density at radius 2 is 1.40 bits per heavy atom. The maximum absolute atomic E-state index is 12.6. The van der Waals surface area contributed by atoms with Crippen molar-refractivity contribution in [3.63, 3.8) is 0 Å². The molecule has 13 heteroatoms. The zero-order valence-electron chi connectivity index (χ0n) is 21.0. The topological polar surface area (TPSA) is 208 Å². The molecular formula is C27H29NO12. The van der Waals surface area contributed by atoms with E-state index in [1.54, 1.807) is 24.3 Å². The third-order valence-electron chi connectivity index (χ3n) is 6.03. The second-order valence-electron chi connectivity index (χ2n) is 8.77. The van der Waals surface area contributed by atoms with Gasteiger partial charge in [-0.3, -0.25) is 4.79 Å². The molecule has 1 saturated heterocycles. The first-order valence-electron chi connectivity index (χ1n) is 12.2. The number of ether oxygens (including phenoxy) is 4. The largest absolute Gasteiger partial charge is 0.504 e. The Balaban J connectivity index is 1.34. The Kier molecular flexibility index (Phi) is 9.14. The average molecular weight is 560 g/mol. The summed E-state index contributed by atoms with van der Waals surface area (Å²) in [6, 6.07) is 14.9. The molecule has 40 heavy (non-hydrogen) atoms. The maximum Gasteiger partial charge on any atom is 0.259 e. The van der Waals surface area contributed by atoms with Crippen molar-refractivity contribution < 1.29 is 59.5 Å². The van der Waals surface area contributed by atoms with Gasteiger partial charge in [-0.1, -0.05) is 24.3 Å². The highest BCUT2D eigenvalue weighted by atomic mass is 16.6. The van der Waals surface area contributed by atoms with Crippen LogP contribution in [0.15, 0.2) is 60.7 Å². The predicted octanol–water partition coefficient (Wildman–Crippen LogP) is 0.692. The minimum atomic E-state index is -1.73. The van der Waals surface area contributed by atoms with E-state index in [9.17, 15) is 40.5 Å². The first-order chi connectivity index (χ1) is 19.2. The lowest BCUT2D eigenvalue weighted by atomic mass is 9.99. The monoisotopic (exact) mass is 559 g/mol. The molecule has 214 valence electrons. The van der Waals surface area contributed by atoms with Gasteiger partial charge in [-0.15, -0.1) is 0 Å². The minimum Gasteiger partial charge on any atom is -0.504 e. The molecule has 4 rings (SSSR count). The number of para-hydroxylation sites is 4. The molecule has 5 atom stereocenters. The average Bonchev–Trinajstić information content (AvgIpc) is 2.94. The first-order valence-corrected chi connectivity index (χ1v) is 12.2. The van der Waals surface area contributed by atoms with E-state index < -0.39 is 54.7 Å². The number of rotatable bonds is 10. The molecule has 1 fully saturated rings. The summed E-state index contributed by atoms with van der Waals surface area (Å²) < 4.78 is 22.1. The van der Waals surface area contributed by atoms with E-state index in [0.717, 1.165) is 0 Å². The van der Waals surface area contributed by atoms with Crippen LogP contribution in [0.3, 0.4) is 0 Å². The van der Waals surface area contributed by atoms with Crippen LogP contribution in [0.1, 0.15) is 10.4 Å². The fourth-order valence-electron chi connectivity index (χ4n) is 3.90. The van der Waals surface area contributed by atoms with E-state index in [2.05, 4.69) is 5.32 Å². The van der Waals surface area contributed by atoms with Crippen molar-refractivity contribution in [2.24, 2.45) is 0 Å². The quantitative estimate of drug-likeness (QED) is 0.128. The summed E-state index contributed by atoms with van der Waals surface area (Å²) in [6.07, 6.45) is -7.85. The lowest BCUT2D eigenvalue weighted by Crippen LogP contribution is -2.58. The summed E-state index contributed by atoms with van der Waals surface area (Å²) in [5, 5.41) is 71.8. The Morgan fingerprint density at radius 3 is 2.17 bits per heavy atom. The molecule has 1 aliphatic heterocycles. The summed E-state index contributed by atoms with van der Waals surface area (Å²) >= 11 is 0. The molecule has 0 spiro atoms. The molecule has 0 saturated carbocycles. The number of nitrogens with one attached hydrogen (secondary N) is 1. The number of amides is 1. The number of carbonyl (C=O) groups is 1. The van der Waals surface area contributed by atoms with Crippen LogP contribution in [0.25, 0.3) is 0 Å². The summed E-state index contributed by atoms with van der Waals surface area (Å²) in [4.78, 5) is 12.6. The van der Waals surface area contributed by atoms with Crippen molar-refractivity contribution in [3.8, 4) is 34.5 Å². The van der Waals surface area contributed by atoms with E-state index in [1.807, 2.05) is 0 Å². The van der Waals surface area contributed by atoms with Crippen molar-refractivity contribution in [1.29, 1.82) is 0 Å². The van der Waals surface area contributed by atoms with Gasteiger partial charge in [-0.2, -0.15) is 0 Å². The van der Waals surface area contributed by atoms with E-state index in [-0.39, 0.29) is 36.0 Å². The van der Waals surface area contributed by atoms with Crippen LogP contribution < -0.4 is 19.5 Å². The number of aromatic hydroxyl groups is 3. The fourth-order valence-corrected chi connectivity index (χ4v) is 3.90. The lowest BCUT2D eigenvalue weighted by Gasteiger charge is -2.38. The number of aliphatic hydroxyl groups excluding tert-OH is 4. The van der Waals surface area contributed by atoms with Crippen molar-refractivity contribution in [2.75, 3.05) is 25.1 Å². The Morgan fingerprint density at radius 1 is 0.750 bits per heavy atom. The SMILES string of the molecule is O=C(Nc1ccccc1OCCOc1cccc(O)c1OC[C@H]1OC(O)[C@H](O)[C@@H](O)[C@@H]1O)c1cccc(O)c1O. The zero-order chi connectivity index (χ0) is 28.8. The molecule has 1 amide bonds. The van der Waals surface area contributed by atoms with Crippen LogP contribution in [-0.4, -0.2) is 92.2 Å².